The third kappa shape index (κ3) is 6.05. The van der Waals surface area contributed by atoms with Gasteiger partial charge >= 0.3 is 11.9 Å². The number of aromatic amines is 1. The Kier molecular flexibility index (Phi) is 8.01. The van der Waals surface area contributed by atoms with Crippen LogP contribution in [0.5, 0.6) is 0 Å². The van der Waals surface area contributed by atoms with Crippen molar-refractivity contribution in [3.05, 3.63) is 62.4 Å². The second kappa shape index (κ2) is 10.6. The zero-order valence-corrected chi connectivity index (χ0v) is 18.9. The Bertz CT molecular complexity index is 1150. The first-order valence-corrected chi connectivity index (χ1v) is 11.2. The summed E-state index contributed by atoms with van der Waals surface area (Å²) in [4.78, 5) is 26.5. The second-order valence-corrected chi connectivity index (χ2v) is 8.20. The van der Waals surface area contributed by atoms with E-state index in [1.807, 2.05) is 18.4 Å². The minimum absolute atomic E-state index is 0.00807. The minimum Gasteiger partial charge on any atom is -0.480 e. The van der Waals surface area contributed by atoms with Gasteiger partial charge in [-0.3, -0.25) is 14.3 Å². The van der Waals surface area contributed by atoms with Gasteiger partial charge in [0.15, 0.2) is 5.05 Å². The van der Waals surface area contributed by atoms with Crippen LogP contribution in [0.3, 0.4) is 0 Å². The number of H-pyrrole nitrogens is 1. The fourth-order valence-electron chi connectivity index (χ4n) is 3.22. The fraction of sp³-hybridized carbons (Fsp3) is 0.381. The average molecular weight is 501 g/mol. The van der Waals surface area contributed by atoms with E-state index in [0.29, 0.717) is 16.3 Å². The first kappa shape index (κ1) is 25.0. The summed E-state index contributed by atoms with van der Waals surface area (Å²) in [5.74, 6) is 2.31. The molecule has 1 fully saturated rings. The van der Waals surface area contributed by atoms with Gasteiger partial charge in [0, 0.05) is 23.1 Å². The maximum atomic E-state index is 13.1. The van der Waals surface area contributed by atoms with Gasteiger partial charge < -0.3 is 14.2 Å². The molecule has 1 aromatic carbocycles. The number of benzene rings is 1. The number of hydrogen-bond donors (Lipinski definition) is 1. The van der Waals surface area contributed by atoms with Crippen LogP contribution < -0.4 is 11.2 Å². The van der Waals surface area contributed by atoms with Gasteiger partial charge in [-0.1, -0.05) is 5.92 Å². The summed E-state index contributed by atoms with van der Waals surface area (Å²) in [7, 11) is 0. The molecule has 3 atom stereocenters. The molecule has 7 nitrogen and oxygen atoms in total. The Morgan fingerprint density at radius 3 is 2.67 bits per heavy atom. The highest BCUT2D eigenvalue weighted by molar-refractivity contribution is 7.98. The highest BCUT2D eigenvalue weighted by atomic mass is 32.2. The lowest BCUT2D eigenvalue weighted by atomic mass is 10.2. The number of aromatic nitrogens is 2. The molecule has 2 heterocycles. The quantitative estimate of drug-likeness (QED) is 0.356. The van der Waals surface area contributed by atoms with E-state index in [4.69, 9.17) is 32.9 Å². The van der Waals surface area contributed by atoms with Crippen LogP contribution >= 0.6 is 24.0 Å². The highest BCUT2D eigenvalue weighted by Gasteiger charge is 2.40. The molecule has 1 aliphatic heterocycles. The Hall–Kier alpha value is -2.59. The maximum Gasteiger partial charge on any atom is 0.423 e. The molecule has 1 aromatic heterocycles. The van der Waals surface area contributed by atoms with Gasteiger partial charge in [-0.15, -0.1) is 18.2 Å². The van der Waals surface area contributed by atoms with E-state index < -0.39 is 41.4 Å². The lowest BCUT2D eigenvalue weighted by Crippen LogP contribution is -2.36. The average Bonchev–Trinajstić information content (AvgIpc) is 3.17. The van der Waals surface area contributed by atoms with Crippen LogP contribution in [0.1, 0.15) is 23.8 Å². The summed E-state index contributed by atoms with van der Waals surface area (Å²) in [6.45, 7) is -0.161. The molecular weight excluding hydrogens is 481 g/mol. The number of nitrogens with one attached hydrogen (secondary N) is 1. The third-order valence-corrected chi connectivity index (χ3v) is 5.95. The number of rotatable bonds is 7. The number of alkyl halides is 3. The van der Waals surface area contributed by atoms with E-state index in [-0.39, 0.29) is 24.7 Å². The van der Waals surface area contributed by atoms with Crippen molar-refractivity contribution in [2.75, 3.05) is 19.5 Å². The smallest absolute Gasteiger partial charge is 0.423 e. The van der Waals surface area contributed by atoms with E-state index in [0.717, 1.165) is 4.90 Å². The van der Waals surface area contributed by atoms with Crippen LogP contribution in [0.2, 0.25) is 0 Å². The van der Waals surface area contributed by atoms with Crippen LogP contribution in [-0.4, -0.2) is 46.3 Å². The number of nitrogens with zero attached hydrogens (tertiary/aromatic N) is 1. The van der Waals surface area contributed by atoms with Crippen LogP contribution in [0.4, 0.5) is 13.2 Å². The summed E-state index contributed by atoms with van der Waals surface area (Å²) in [5, 5.41) is 0.200. The molecule has 0 radical (unpaired) electrons. The van der Waals surface area contributed by atoms with Crippen molar-refractivity contribution >= 4 is 29.0 Å². The van der Waals surface area contributed by atoms with Gasteiger partial charge in [-0.05, 0) is 42.7 Å². The van der Waals surface area contributed by atoms with Crippen molar-refractivity contribution in [3.63, 3.8) is 0 Å². The third-order valence-electron chi connectivity index (χ3n) is 4.85. The summed E-state index contributed by atoms with van der Waals surface area (Å²) in [6, 6.07) is 7.38. The largest absolute Gasteiger partial charge is 0.480 e. The molecule has 1 saturated heterocycles. The standard InChI is InChI=1S/C21H19F3N2O5S2/c1-3-8-29-15-9-17(26-10-14(21(22,23)24)18(27)25-20(26)28)31-16(15)11-30-19(32)12-4-6-13(33-2)7-5-12/h1,4-7,10,15-17H,8-9,11H2,2H3,(H,25,27,28)/t15-,16+,17+/m0/s1. The summed E-state index contributed by atoms with van der Waals surface area (Å²) < 4.78 is 57.0. The molecule has 12 heteroatoms. The highest BCUT2D eigenvalue weighted by Crippen LogP contribution is 2.32. The molecule has 0 bridgehead atoms. The number of terminal acetylenes is 1. The second-order valence-electron chi connectivity index (χ2n) is 6.95. The minimum atomic E-state index is -4.94. The van der Waals surface area contributed by atoms with Crippen molar-refractivity contribution in [2.45, 2.75) is 35.9 Å². The van der Waals surface area contributed by atoms with Crippen LogP contribution in [0.25, 0.3) is 0 Å². The summed E-state index contributed by atoms with van der Waals surface area (Å²) in [6.07, 6.45) is 0.0881. The molecule has 3 rings (SSSR count). The molecule has 1 aliphatic rings. The first-order valence-electron chi connectivity index (χ1n) is 9.58. The SMILES string of the molecule is C#CCO[C@H]1C[C@H](n2cc(C(F)(F)F)c(=O)[nH]c2=O)O[C@@H]1COC(=S)c1ccc(SC)cc1. The van der Waals surface area contributed by atoms with Crippen LogP contribution in [0.15, 0.2) is 44.9 Å². The Morgan fingerprint density at radius 1 is 1.36 bits per heavy atom. The van der Waals surface area contributed by atoms with E-state index in [1.54, 1.807) is 28.9 Å². The molecular formula is C21H19F3N2O5S2. The zero-order chi connectivity index (χ0) is 24.2. The normalized spacial score (nSPS) is 20.4. The lowest BCUT2D eigenvalue weighted by Gasteiger charge is -2.19. The Morgan fingerprint density at radius 2 is 2.06 bits per heavy atom. The van der Waals surface area contributed by atoms with E-state index >= 15 is 0 Å². The van der Waals surface area contributed by atoms with Gasteiger partial charge in [0.2, 0.25) is 0 Å². The summed E-state index contributed by atoms with van der Waals surface area (Å²) >= 11 is 6.88. The Balaban J connectivity index is 1.77. The molecule has 0 amide bonds. The molecule has 1 N–H and O–H groups in total. The van der Waals surface area contributed by atoms with Gasteiger partial charge in [-0.2, -0.15) is 13.2 Å². The molecule has 0 saturated carbocycles. The number of thioether (sulfide) groups is 1. The van der Waals surface area contributed by atoms with E-state index in [2.05, 4.69) is 5.92 Å². The van der Waals surface area contributed by atoms with Crippen LogP contribution in [-0.2, 0) is 20.4 Å². The fourth-order valence-corrected chi connectivity index (χ4v) is 3.83. The predicted molar refractivity (Wildman–Crippen MR) is 119 cm³/mol. The molecule has 0 aliphatic carbocycles. The van der Waals surface area contributed by atoms with Gasteiger partial charge in [-0.25, -0.2) is 4.79 Å². The number of thiocarbonyl (C=S) groups is 1. The molecule has 33 heavy (non-hydrogen) atoms. The molecule has 0 spiro atoms. The van der Waals surface area contributed by atoms with Crippen molar-refractivity contribution in [3.8, 4) is 12.3 Å². The van der Waals surface area contributed by atoms with Crippen molar-refractivity contribution in [1.82, 2.24) is 9.55 Å². The van der Waals surface area contributed by atoms with Gasteiger partial charge in [0.25, 0.3) is 5.56 Å². The van der Waals surface area contributed by atoms with Crippen molar-refractivity contribution in [1.29, 1.82) is 0 Å². The first-order chi connectivity index (χ1) is 15.6. The molecule has 2 aromatic rings. The number of hydrogen-bond acceptors (Lipinski definition) is 7. The summed E-state index contributed by atoms with van der Waals surface area (Å²) in [5.41, 5.74) is -3.41. The lowest BCUT2D eigenvalue weighted by molar-refractivity contribution is -0.139. The zero-order valence-electron chi connectivity index (χ0n) is 17.3. The van der Waals surface area contributed by atoms with Crippen LogP contribution in [0, 0.1) is 12.3 Å². The Labute approximate surface area is 196 Å². The van der Waals surface area contributed by atoms with E-state index in [9.17, 15) is 22.8 Å². The monoisotopic (exact) mass is 500 g/mol. The van der Waals surface area contributed by atoms with Crippen molar-refractivity contribution in [2.24, 2.45) is 0 Å². The van der Waals surface area contributed by atoms with Crippen molar-refractivity contribution < 1.29 is 27.4 Å². The van der Waals surface area contributed by atoms with Gasteiger partial charge in [0.1, 0.15) is 31.1 Å². The number of halogens is 3. The van der Waals surface area contributed by atoms with E-state index in [1.165, 1.54) is 0 Å². The van der Waals surface area contributed by atoms with Gasteiger partial charge in [0.05, 0.1) is 6.10 Å². The predicted octanol–water partition coefficient (Wildman–Crippen LogP) is 2.98. The maximum absolute atomic E-state index is 13.1. The molecule has 0 unspecified atom stereocenters. The number of ether oxygens (including phenoxy) is 3. The topological polar surface area (TPSA) is 82.6 Å². The molecule has 176 valence electrons.